The van der Waals surface area contributed by atoms with Gasteiger partial charge in [0.05, 0.1) is 0 Å². The Morgan fingerprint density at radius 1 is 0.815 bits per heavy atom. The van der Waals surface area contributed by atoms with Gasteiger partial charge in [0, 0.05) is 0 Å². The summed E-state index contributed by atoms with van der Waals surface area (Å²) in [5.41, 5.74) is 3.07. The predicted molar refractivity (Wildman–Crippen MR) is 135 cm³/mol. The maximum atomic E-state index is 4.91. The summed E-state index contributed by atoms with van der Waals surface area (Å²) in [5.74, 6) is 10.2. The summed E-state index contributed by atoms with van der Waals surface area (Å²) in [4.78, 5) is 7.94. The van der Waals surface area contributed by atoms with Gasteiger partial charge < -0.3 is 0 Å². The van der Waals surface area contributed by atoms with Crippen LogP contribution in [0, 0.1) is 0 Å². The average molecular weight is 659 g/mol. The molecule has 5 heterocycles. The summed E-state index contributed by atoms with van der Waals surface area (Å²) in [6, 6.07) is 7.51. The fourth-order valence-electron chi connectivity index (χ4n) is 4.79. The summed E-state index contributed by atoms with van der Waals surface area (Å²) in [7, 11) is 0. The van der Waals surface area contributed by atoms with Crippen LogP contribution in [-0.4, -0.2) is 31.5 Å². The van der Waals surface area contributed by atoms with Crippen molar-refractivity contribution in [3.8, 4) is 20.9 Å². The number of thiophene rings is 2. The van der Waals surface area contributed by atoms with E-state index in [1.807, 2.05) is 34.0 Å². The van der Waals surface area contributed by atoms with E-state index >= 15 is 0 Å². The van der Waals surface area contributed by atoms with Gasteiger partial charge in [-0.1, -0.05) is 0 Å². The third-order valence-corrected chi connectivity index (χ3v) is 26.1. The van der Waals surface area contributed by atoms with Crippen LogP contribution >= 0.6 is 65.9 Å². The topological polar surface area (TPSA) is 12.9 Å². The summed E-state index contributed by atoms with van der Waals surface area (Å²) >= 11 is 8.52. The molecule has 2 aliphatic rings. The van der Waals surface area contributed by atoms with Gasteiger partial charge >= 0.3 is 194 Å². The average Bonchev–Trinajstić information content (AvgIpc) is 3.30. The number of benzene rings is 1. The molecule has 0 saturated carbocycles. The molecule has 27 heavy (non-hydrogen) atoms. The van der Waals surface area contributed by atoms with Gasteiger partial charge in [0.2, 0.25) is 0 Å². The SMILES string of the molecule is [CH3][Ge]1([CH3])[c]2cc3[c](cc2-c2sc(Br)n[c]21)[Ge]([CH3])([CH3])[c]1c-3sc2cc(Br)sc12. The fraction of sp³-hybridized carbons (Fsp3) is 0.211. The molecule has 3 aromatic heterocycles. The fourth-order valence-corrected chi connectivity index (χ4v) is 27.4. The van der Waals surface area contributed by atoms with Crippen LogP contribution < -0.4 is 17.7 Å². The molecule has 6 rings (SSSR count). The number of halogens is 2. The van der Waals surface area contributed by atoms with Crippen molar-refractivity contribution in [3.63, 3.8) is 0 Å². The van der Waals surface area contributed by atoms with Crippen molar-refractivity contribution in [3.05, 3.63) is 25.9 Å². The van der Waals surface area contributed by atoms with Crippen LogP contribution in [0.3, 0.4) is 0 Å². The van der Waals surface area contributed by atoms with E-state index in [0.717, 1.165) is 3.92 Å². The van der Waals surface area contributed by atoms with E-state index in [4.69, 9.17) is 4.98 Å². The van der Waals surface area contributed by atoms with E-state index in [2.05, 4.69) is 73.1 Å². The zero-order valence-corrected chi connectivity index (χ0v) is 25.0. The summed E-state index contributed by atoms with van der Waals surface area (Å²) < 4.78 is 11.8. The van der Waals surface area contributed by atoms with Gasteiger partial charge in [-0.15, -0.1) is 0 Å². The number of rotatable bonds is 0. The molecule has 1 nitrogen and oxygen atoms in total. The molecule has 8 heteroatoms. The molecule has 0 amide bonds. The summed E-state index contributed by atoms with van der Waals surface area (Å²) in [6.07, 6.45) is 0. The third kappa shape index (κ3) is 2.24. The van der Waals surface area contributed by atoms with E-state index < -0.39 is 26.5 Å². The first-order valence-electron chi connectivity index (χ1n) is 8.78. The molecule has 0 unspecified atom stereocenters. The molecule has 0 aliphatic carbocycles. The Bertz CT molecular complexity index is 1310. The number of nitrogens with zero attached hydrogens (tertiary/aromatic N) is 1. The monoisotopic (exact) mass is 659 g/mol. The Morgan fingerprint density at radius 2 is 1.48 bits per heavy atom. The number of thiazole rings is 1. The molecule has 0 fully saturated rings. The molecule has 0 spiro atoms. The Morgan fingerprint density at radius 3 is 2.22 bits per heavy atom. The first-order valence-corrected chi connectivity index (χ1v) is 25.4. The molecule has 4 aromatic rings. The van der Waals surface area contributed by atoms with Gasteiger partial charge in [-0.05, 0) is 0 Å². The van der Waals surface area contributed by atoms with Crippen molar-refractivity contribution >= 4 is 120 Å². The van der Waals surface area contributed by atoms with Gasteiger partial charge in [0.25, 0.3) is 0 Å². The van der Waals surface area contributed by atoms with Gasteiger partial charge in [0.1, 0.15) is 0 Å². The van der Waals surface area contributed by atoms with E-state index in [1.165, 1.54) is 23.5 Å². The zero-order valence-electron chi connectivity index (χ0n) is 15.2. The normalized spacial score (nSPS) is 17.9. The third-order valence-electron chi connectivity index (χ3n) is 6.15. The first-order chi connectivity index (χ1) is 12.7. The van der Waals surface area contributed by atoms with Crippen LogP contribution in [0.5, 0.6) is 0 Å². The Labute approximate surface area is 192 Å². The summed E-state index contributed by atoms with van der Waals surface area (Å²) in [5, 5.41) is 0. The Balaban J connectivity index is 1.69. The van der Waals surface area contributed by atoms with E-state index in [9.17, 15) is 0 Å². The van der Waals surface area contributed by atoms with E-state index in [-0.39, 0.29) is 0 Å². The molecule has 136 valence electrons. The van der Waals surface area contributed by atoms with Crippen molar-refractivity contribution in [1.29, 1.82) is 0 Å². The van der Waals surface area contributed by atoms with Gasteiger partial charge in [-0.25, -0.2) is 0 Å². The predicted octanol–water partition coefficient (Wildman–Crippen LogP) is 5.55. The van der Waals surface area contributed by atoms with Crippen LogP contribution in [0.4, 0.5) is 0 Å². The molecule has 0 saturated heterocycles. The number of fused-ring (bicyclic) bond motifs is 8. The molecule has 0 radical (unpaired) electrons. The molecule has 1 aromatic carbocycles. The van der Waals surface area contributed by atoms with Crippen molar-refractivity contribution in [2.45, 2.75) is 23.0 Å². The van der Waals surface area contributed by atoms with Gasteiger partial charge in [0.15, 0.2) is 0 Å². The van der Waals surface area contributed by atoms with Gasteiger partial charge in [-0.2, -0.15) is 0 Å². The van der Waals surface area contributed by atoms with Crippen molar-refractivity contribution in [2.75, 3.05) is 0 Å². The standard InChI is InChI=1S/C19H15Br2Ge2NS3/c1-22(2)10-6-9-11(23(3,4)18-16(9)27-19(21)24-18)5-8(10)15-14(22)17-12(25-15)7-13(20)26-17/h5-7H,1-4H3. The minimum absolute atomic E-state index is 1.04. The second-order valence-corrected chi connectivity index (χ2v) is 32.1. The number of hydrogen-bond acceptors (Lipinski definition) is 4. The zero-order chi connectivity index (χ0) is 18.9. The van der Waals surface area contributed by atoms with Crippen LogP contribution in [0.15, 0.2) is 25.9 Å². The van der Waals surface area contributed by atoms with Crippen LogP contribution in [0.2, 0.25) is 23.0 Å². The summed E-state index contributed by atoms with van der Waals surface area (Å²) in [6.45, 7) is 0. The van der Waals surface area contributed by atoms with Gasteiger partial charge in [-0.3, -0.25) is 0 Å². The van der Waals surface area contributed by atoms with Crippen molar-refractivity contribution < 1.29 is 0 Å². The first kappa shape index (κ1) is 18.3. The Hall–Kier alpha value is 0.556. The maximum absolute atomic E-state index is 4.91. The van der Waals surface area contributed by atoms with Crippen LogP contribution in [0.1, 0.15) is 0 Å². The van der Waals surface area contributed by atoms with E-state index in [1.54, 1.807) is 28.3 Å². The molecular weight excluding hydrogens is 643 g/mol. The number of aromatic nitrogens is 1. The second-order valence-electron chi connectivity index (χ2n) is 8.39. The minimum atomic E-state index is -2.30. The van der Waals surface area contributed by atoms with Crippen molar-refractivity contribution in [1.82, 2.24) is 4.98 Å². The molecular formula is C19H15Br2Ge2NS3. The van der Waals surface area contributed by atoms with Crippen LogP contribution in [-0.2, 0) is 0 Å². The number of hydrogen-bond donors (Lipinski definition) is 0. The van der Waals surface area contributed by atoms with Crippen molar-refractivity contribution in [2.24, 2.45) is 0 Å². The van der Waals surface area contributed by atoms with Crippen LogP contribution in [0.25, 0.3) is 30.3 Å². The Kier molecular flexibility index (Phi) is 3.82. The molecule has 2 aliphatic heterocycles. The molecule has 0 bridgehead atoms. The van der Waals surface area contributed by atoms with E-state index in [0.29, 0.717) is 0 Å². The second kappa shape index (κ2) is 5.62. The quantitative estimate of drug-likeness (QED) is 0.226. The molecule has 0 atom stereocenters. The molecule has 0 N–H and O–H groups in total.